The van der Waals surface area contributed by atoms with Gasteiger partial charge in [0.25, 0.3) is 5.91 Å². The van der Waals surface area contributed by atoms with Gasteiger partial charge in [-0.15, -0.1) is 0 Å². The largest absolute Gasteiger partial charge is 0.481 e. The van der Waals surface area contributed by atoms with Gasteiger partial charge in [-0.25, -0.2) is 9.97 Å². The predicted molar refractivity (Wildman–Crippen MR) is 106 cm³/mol. The molecule has 0 bridgehead atoms. The number of methoxy groups -OCH3 is 1. The lowest BCUT2D eigenvalue weighted by Crippen LogP contribution is -2.41. The molecule has 0 aliphatic heterocycles. The van der Waals surface area contributed by atoms with Gasteiger partial charge in [-0.3, -0.25) is 14.7 Å². The van der Waals surface area contributed by atoms with Crippen LogP contribution in [0.5, 0.6) is 5.88 Å². The molecule has 142 valence electrons. The lowest BCUT2D eigenvalue weighted by Gasteiger charge is -2.12. The van der Waals surface area contributed by atoms with Crippen LogP contribution in [0.2, 0.25) is 0 Å². The first-order valence-electron chi connectivity index (χ1n) is 8.41. The van der Waals surface area contributed by atoms with Crippen LogP contribution in [-0.4, -0.2) is 45.1 Å². The molecule has 0 fully saturated rings. The quantitative estimate of drug-likeness (QED) is 0.476. The zero-order valence-electron chi connectivity index (χ0n) is 15.0. The van der Waals surface area contributed by atoms with Crippen LogP contribution in [0.1, 0.15) is 17.4 Å². The van der Waals surface area contributed by atoms with Crippen LogP contribution in [0.15, 0.2) is 36.4 Å². The van der Waals surface area contributed by atoms with Crippen LogP contribution < -0.4 is 15.4 Å². The Morgan fingerprint density at radius 3 is 2.82 bits per heavy atom. The number of benzene rings is 1. The fraction of sp³-hybridized carbons (Fsp3) is 0.167. The van der Waals surface area contributed by atoms with E-state index in [-0.39, 0.29) is 11.6 Å². The Kier molecular flexibility index (Phi) is 4.62. The van der Waals surface area contributed by atoms with Crippen LogP contribution in [-0.2, 0) is 4.79 Å². The number of carbonyl (C=O) groups is 2. The summed E-state index contributed by atoms with van der Waals surface area (Å²) in [7, 11) is 1.53. The molecule has 1 aromatic carbocycles. The maximum atomic E-state index is 12.5. The number of nitrogens with zero attached hydrogens (tertiary/aromatic N) is 3. The molecule has 0 saturated heterocycles. The highest BCUT2D eigenvalue weighted by Gasteiger charge is 2.21. The van der Waals surface area contributed by atoms with E-state index in [0.717, 1.165) is 5.52 Å². The van der Waals surface area contributed by atoms with Crippen molar-refractivity contribution in [1.29, 1.82) is 0 Å². The van der Waals surface area contributed by atoms with Crippen molar-refractivity contribution in [3.63, 3.8) is 0 Å². The number of amides is 2. The standard InChI is InChI=1S/C18H16N6O3S/c1-9(19-16(26)14-10-5-3-4-6-11(10)23-24-14)15(25)22-18-20-12-7-8-13(27-2)21-17(12)28-18/h3-9H,1-2H3,(H,19,26)(H,23,24)(H,20,22,25). The number of thiazole rings is 1. The van der Waals surface area contributed by atoms with Crippen LogP contribution in [0.3, 0.4) is 0 Å². The molecule has 0 aliphatic carbocycles. The van der Waals surface area contributed by atoms with Gasteiger partial charge in [-0.2, -0.15) is 5.10 Å². The van der Waals surface area contributed by atoms with Gasteiger partial charge >= 0.3 is 0 Å². The van der Waals surface area contributed by atoms with Crippen molar-refractivity contribution in [2.75, 3.05) is 12.4 Å². The minimum Gasteiger partial charge on any atom is -0.481 e. The van der Waals surface area contributed by atoms with E-state index < -0.39 is 11.9 Å². The second-order valence-corrected chi connectivity index (χ2v) is 6.98. The minimum atomic E-state index is -0.780. The van der Waals surface area contributed by atoms with E-state index in [1.54, 1.807) is 25.1 Å². The van der Waals surface area contributed by atoms with E-state index in [0.29, 0.717) is 26.7 Å². The van der Waals surface area contributed by atoms with Gasteiger partial charge in [0.2, 0.25) is 11.8 Å². The molecule has 3 heterocycles. The first-order chi connectivity index (χ1) is 13.5. The van der Waals surface area contributed by atoms with Crippen molar-refractivity contribution < 1.29 is 14.3 Å². The number of hydrogen-bond acceptors (Lipinski definition) is 7. The predicted octanol–water partition coefficient (Wildman–Crippen LogP) is 2.33. The van der Waals surface area contributed by atoms with Crippen LogP contribution in [0.25, 0.3) is 21.3 Å². The molecule has 0 saturated carbocycles. The number of aromatic amines is 1. The van der Waals surface area contributed by atoms with Gasteiger partial charge in [0, 0.05) is 11.5 Å². The molecular formula is C18H16N6O3S. The Hall–Kier alpha value is -3.53. The molecule has 1 atom stereocenters. The molecule has 2 amide bonds. The van der Waals surface area contributed by atoms with Crippen molar-refractivity contribution in [2.24, 2.45) is 0 Å². The molecule has 1 unspecified atom stereocenters. The van der Waals surface area contributed by atoms with E-state index in [1.165, 1.54) is 18.4 Å². The average molecular weight is 396 g/mol. The summed E-state index contributed by atoms with van der Waals surface area (Å²) < 4.78 is 5.08. The topological polar surface area (TPSA) is 122 Å². The van der Waals surface area contributed by atoms with Crippen molar-refractivity contribution in [3.05, 3.63) is 42.1 Å². The monoisotopic (exact) mass is 396 g/mol. The van der Waals surface area contributed by atoms with Crippen molar-refractivity contribution in [2.45, 2.75) is 13.0 Å². The van der Waals surface area contributed by atoms with Gasteiger partial charge in [0.1, 0.15) is 16.4 Å². The molecule has 3 N–H and O–H groups in total. The Morgan fingerprint density at radius 2 is 2.00 bits per heavy atom. The van der Waals surface area contributed by atoms with Gasteiger partial charge in [0.05, 0.1) is 12.6 Å². The molecule has 28 heavy (non-hydrogen) atoms. The molecular weight excluding hydrogens is 380 g/mol. The summed E-state index contributed by atoms with van der Waals surface area (Å²) in [6.45, 7) is 1.59. The third-order valence-electron chi connectivity index (χ3n) is 4.10. The molecule has 3 aromatic heterocycles. The Morgan fingerprint density at radius 1 is 1.18 bits per heavy atom. The van der Waals surface area contributed by atoms with Gasteiger partial charge in [-0.05, 0) is 19.1 Å². The number of pyridine rings is 1. The second kappa shape index (κ2) is 7.24. The first kappa shape index (κ1) is 17.9. The molecule has 9 nitrogen and oxygen atoms in total. The first-order valence-corrected chi connectivity index (χ1v) is 9.23. The number of H-pyrrole nitrogens is 1. The summed E-state index contributed by atoms with van der Waals surface area (Å²) >= 11 is 1.23. The second-order valence-electron chi connectivity index (χ2n) is 6.00. The zero-order chi connectivity index (χ0) is 19.7. The number of carbonyl (C=O) groups excluding carboxylic acids is 2. The third kappa shape index (κ3) is 3.37. The summed E-state index contributed by atoms with van der Waals surface area (Å²) in [6, 6.07) is 9.97. The summed E-state index contributed by atoms with van der Waals surface area (Å²) in [6.07, 6.45) is 0. The minimum absolute atomic E-state index is 0.242. The fourth-order valence-corrected chi connectivity index (χ4v) is 3.48. The highest BCUT2D eigenvalue weighted by molar-refractivity contribution is 7.21. The number of fused-ring (bicyclic) bond motifs is 2. The van der Waals surface area contributed by atoms with Crippen LogP contribution in [0.4, 0.5) is 5.13 Å². The van der Waals surface area contributed by atoms with E-state index in [4.69, 9.17) is 4.74 Å². The number of anilines is 1. The van der Waals surface area contributed by atoms with E-state index in [2.05, 4.69) is 30.8 Å². The highest BCUT2D eigenvalue weighted by atomic mass is 32.1. The van der Waals surface area contributed by atoms with E-state index >= 15 is 0 Å². The van der Waals surface area contributed by atoms with E-state index in [1.807, 2.05) is 18.2 Å². The Labute approximate surface area is 163 Å². The molecule has 0 aliphatic rings. The Bertz CT molecular complexity index is 1180. The number of para-hydroxylation sites is 1. The third-order valence-corrected chi connectivity index (χ3v) is 4.98. The molecule has 4 rings (SSSR count). The number of aromatic nitrogens is 4. The smallest absolute Gasteiger partial charge is 0.273 e. The zero-order valence-corrected chi connectivity index (χ0v) is 15.8. The fourth-order valence-electron chi connectivity index (χ4n) is 2.65. The number of ether oxygens (including phenoxy) is 1. The summed E-state index contributed by atoms with van der Waals surface area (Å²) in [5.41, 5.74) is 1.65. The lowest BCUT2D eigenvalue weighted by molar-refractivity contribution is -0.117. The van der Waals surface area contributed by atoms with Gasteiger partial charge in [0.15, 0.2) is 10.8 Å². The maximum Gasteiger partial charge on any atom is 0.273 e. The van der Waals surface area contributed by atoms with Gasteiger partial charge < -0.3 is 15.4 Å². The summed E-state index contributed by atoms with van der Waals surface area (Å²) in [4.78, 5) is 34.2. The van der Waals surface area contributed by atoms with Crippen LogP contribution >= 0.6 is 11.3 Å². The molecule has 10 heteroatoms. The van der Waals surface area contributed by atoms with E-state index in [9.17, 15) is 9.59 Å². The van der Waals surface area contributed by atoms with Gasteiger partial charge in [-0.1, -0.05) is 29.5 Å². The molecule has 0 spiro atoms. The Balaban J connectivity index is 1.45. The highest BCUT2D eigenvalue weighted by Crippen LogP contribution is 2.26. The van der Waals surface area contributed by atoms with Crippen molar-refractivity contribution in [1.82, 2.24) is 25.5 Å². The van der Waals surface area contributed by atoms with Crippen molar-refractivity contribution in [3.8, 4) is 5.88 Å². The SMILES string of the molecule is COc1ccc2nc(NC(=O)C(C)NC(=O)c3n[nH]c4ccccc34)sc2n1. The van der Waals surface area contributed by atoms with Crippen LogP contribution in [0, 0.1) is 0 Å². The van der Waals surface area contributed by atoms with Crippen molar-refractivity contribution >= 4 is 49.5 Å². The summed E-state index contributed by atoms with van der Waals surface area (Å²) in [5.74, 6) is -0.351. The number of nitrogens with one attached hydrogen (secondary N) is 3. The average Bonchev–Trinajstić information content (AvgIpc) is 3.30. The number of hydrogen-bond donors (Lipinski definition) is 3. The number of rotatable bonds is 5. The summed E-state index contributed by atoms with van der Waals surface area (Å²) in [5, 5.41) is 13.3. The molecule has 0 radical (unpaired) electrons. The lowest BCUT2D eigenvalue weighted by atomic mass is 10.2. The normalized spacial score (nSPS) is 12.1. The molecule has 4 aromatic rings. The maximum absolute atomic E-state index is 12.5.